The van der Waals surface area contributed by atoms with E-state index in [0.29, 0.717) is 44.7 Å². The minimum atomic E-state index is -0.548. The molecule has 0 saturated carbocycles. The number of amides is 2. The highest BCUT2D eigenvalue weighted by Crippen LogP contribution is 2.29. The molecule has 7 nitrogen and oxygen atoms in total. The van der Waals surface area contributed by atoms with Crippen LogP contribution in [0.1, 0.15) is 39.9 Å². The average Bonchev–Trinajstić information content (AvgIpc) is 3.25. The molecule has 0 aromatic heterocycles. The van der Waals surface area contributed by atoms with Crippen LogP contribution in [0.15, 0.2) is 72.8 Å². The number of nitrogens with zero attached hydrogens (tertiary/aromatic N) is 3. The number of carbonyl (C=O) groups is 2. The summed E-state index contributed by atoms with van der Waals surface area (Å²) in [6.07, 6.45) is 1.42. The smallest absolute Gasteiger partial charge is 0.254 e. The van der Waals surface area contributed by atoms with E-state index in [1.54, 1.807) is 24.1 Å². The van der Waals surface area contributed by atoms with Crippen molar-refractivity contribution in [3.63, 3.8) is 0 Å². The van der Waals surface area contributed by atoms with Gasteiger partial charge in [0.25, 0.3) is 5.91 Å². The summed E-state index contributed by atoms with van der Waals surface area (Å²) in [6, 6.07) is 21.4. The summed E-state index contributed by atoms with van der Waals surface area (Å²) < 4.78 is 19.2. The van der Waals surface area contributed by atoms with Gasteiger partial charge in [-0.1, -0.05) is 42.0 Å². The Bertz CT molecular complexity index is 1320. The Kier molecular flexibility index (Phi) is 9.31. The van der Waals surface area contributed by atoms with E-state index < -0.39 is 6.04 Å². The van der Waals surface area contributed by atoms with E-state index in [0.717, 1.165) is 42.0 Å². The second-order valence-corrected chi connectivity index (χ2v) is 11.0. The zero-order chi connectivity index (χ0) is 28.8. The number of benzene rings is 3. The summed E-state index contributed by atoms with van der Waals surface area (Å²) in [6.45, 7) is 6.53. The third-order valence-electron chi connectivity index (χ3n) is 8.11. The largest absolute Gasteiger partial charge is 0.497 e. The Morgan fingerprint density at radius 3 is 2.49 bits per heavy atom. The van der Waals surface area contributed by atoms with Crippen LogP contribution >= 0.6 is 0 Å². The van der Waals surface area contributed by atoms with Gasteiger partial charge in [-0.3, -0.25) is 14.5 Å². The molecule has 2 heterocycles. The molecule has 2 fully saturated rings. The van der Waals surface area contributed by atoms with Gasteiger partial charge in [0.1, 0.15) is 17.6 Å². The number of hydrogen-bond donors (Lipinski definition) is 1. The summed E-state index contributed by atoms with van der Waals surface area (Å²) in [4.78, 5) is 33.9. The van der Waals surface area contributed by atoms with Crippen LogP contribution in [0.3, 0.4) is 0 Å². The maximum absolute atomic E-state index is 14.0. The molecule has 0 bridgehead atoms. The minimum Gasteiger partial charge on any atom is -0.497 e. The van der Waals surface area contributed by atoms with Crippen LogP contribution in [0.25, 0.3) is 0 Å². The van der Waals surface area contributed by atoms with Crippen molar-refractivity contribution in [2.75, 3.05) is 39.8 Å². The molecule has 2 atom stereocenters. The van der Waals surface area contributed by atoms with E-state index in [9.17, 15) is 14.0 Å². The van der Waals surface area contributed by atoms with Crippen molar-refractivity contribution in [3.8, 4) is 5.75 Å². The highest BCUT2D eigenvalue weighted by Gasteiger charge is 2.43. The number of hydrogen-bond acceptors (Lipinski definition) is 5. The average molecular weight is 559 g/mol. The lowest BCUT2D eigenvalue weighted by Gasteiger charge is -2.29. The Hall–Kier alpha value is -3.75. The van der Waals surface area contributed by atoms with Crippen LogP contribution in [0.4, 0.5) is 4.39 Å². The fourth-order valence-corrected chi connectivity index (χ4v) is 5.82. The van der Waals surface area contributed by atoms with Gasteiger partial charge in [0.15, 0.2) is 0 Å². The van der Waals surface area contributed by atoms with E-state index >= 15 is 0 Å². The number of aryl methyl sites for hydroxylation is 1. The monoisotopic (exact) mass is 558 g/mol. The summed E-state index contributed by atoms with van der Waals surface area (Å²) >= 11 is 0. The van der Waals surface area contributed by atoms with Gasteiger partial charge in [-0.2, -0.15) is 0 Å². The Labute approximate surface area is 241 Å². The minimum absolute atomic E-state index is 0.0137. The van der Waals surface area contributed by atoms with Gasteiger partial charge in [-0.25, -0.2) is 4.39 Å². The standard InChI is InChI=1S/C33H39FN4O3/c1-24-7-11-27(12-8-24)32(39)38-23-29(20-31(38)33(40)36-17-4-15-35-16-18-36)37(21-25-9-13-28(34)14-10-25)22-26-5-3-6-30(19-26)41-2/h3,5-14,19,29,31,35H,4,15-18,20-23H2,1-2H3. The van der Waals surface area contributed by atoms with Crippen LogP contribution in [-0.4, -0.2) is 78.4 Å². The number of carbonyl (C=O) groups excluding carboxylic acids is 2. The van der Waals surface area contributed by atoms with Crippen LogP contribution in [0.5, 0.6) is 5.75 Å². The molecule has 2 aliphatic heterocycles. The molecule has 0 radical (unpaired) electrons. The molecular weight excluding hydrogens is 519 g/mol. The summed E-state index contributed by atoms with van der Waals surface area (Å²) in [7, 11) is 1.65. The maximum Gasteiger partial charge on any atom is 0.254 e. The van der Waals surface area contributed by atoms with Crippen molar-refractivity contribution in [1.29, 1.82) is 0 Å². The zero-order valence-electron chi connectivity index (χ0n) is 23.9. The molecule has 41 heavy (non-hydrogen) atoms. The second-order valence-electron chi connectivity index (χ2n) is 11.0. The molecule has 1 N–H and O–H groups in total. The van der Waals surface area contributed by atoms with Crippen molar-refractivity contribution in [3.05, 3.63) is 101 Å². The number of methoxy groups -OCH3 is 1. The van der Waals surface area contributed by atoms with Gasteiger partial charge in [0.05, 0.1) is 7.11 Å². The van der Waals surface area contributed by atoms with Crippen molar-refractivity contribution in [2.45, 2.75) is 44.9 Å². The molecule has 2 unspecified atom stereocenters. The first-order valence-corrected chi connectivity index (χ1v) is 14.4. The van der Waals surface area contributed by atoms with E-state index in [1.165, 1.54) is 12.1 Å². The second kappa shape index (κ2) is 13.3. The molecule has 8 heteroatoms. The quantitative estimate of drug-likeness (QED) is 0.448. The fraction of sp³-hybridized carbons (Fsp3) is 0.394. The van der Waals surface area contributed by atoms with E-state index in [1.807, 2.05) is 54.3 Å². The first kappa shape index (κ1) is 28.8. The summed E-state index contributed by atoms with van der Waals surface area (Å²) in [5, 5.41) is 3.36. The molecule has 5 rings (SSSR count). The lowest BCUT2D eigenvalue weighted by atomic mass is 10.1. The normalized spacial score (nSPS) is 19.3. The Balaban J connectivity index is 1.45. The maximum atomic E-state index is 14.0. The lowest BCUT2D eigenvalue weighted by Crippen LogP contribution is -2.48. The summed E-state index contributed by atoms with van der Waals surface area (Å²) in [5.41, 5.74) is 3.70. The topological polar surface area (TPSA) is 65.1 Å². The molecule has 2 saturated heterocycles. The fourth-order valence-electron chi connectivity index (χ4n) is 5.82. The van der Waals surface area contributed by atoms with Gasteiger partial charge < -0.3 is 19.9 Å². The predicted molar refractivity (Wildman–Crippen MR) is 157 cm³/mol. The Morgan fingerprint density at radius 2 is 1.73 bits per heavy atom. The highest BCUT2D eigenvalue weighted by atomic mass is 19.1. The molecule has 2 amide bonds. The number of ether oxygens (including phenoxy) is 1. The van der Waals surface area contributed by atoms with Gasteiger partial charge in [0, 0.05) is 50.9 Å². The van der Waals surface area contributed by atoms with Gasteiger partial charge in [0.2, 0.25) is 5.91 Å². The number of likely N-dealkylation sites (tertiary alicyclic amines) is 1. The van der Waals surface area contributed by atoms with Gasteiger partial charge >= 0.3 is 0 Å². The van der Waals surface area contributed by atoms with Crippen molar-refractivity contribution in [1.82, 2.24) is 20.0 Å². The van der Waals surface area contributed by atoms with Crippen LogP contribution in [-0.2, 0) is 17.9 Å². The van der Waals surface area contributed by atoms with Gasteiger partial charge in [-0.15, -0.1) is 0 Å². The predicted octanol–water partition coefficient (Wildman–Crippen LogP) is 4.25. The molecule has 3 aromatic rings. The van der Waals surface area contributed by atoms with E-state index in [-0.39, 0.29) is 23.7 Å². The third-order valence-corrected chi connectivity index (χ3v) is 8.11. The van der Waals surface area contributed by atoms with Crippen LogP contribution in [0, 0.1) is 12.7 Å². The Morgan fingerprint density at radius 1 is 0.976 bits per heavy atom. The lowest BCUT2D eigenvalue weighted by molar-refractivity contribution is -0.135. The molecule has 0 aliphatic carbocycles. The molecule has 2 aliphatic rings. The SMILES string of the molecule is COc1cccc(CN(Cc2ccc(F)cc2)C2CC(C(=O)N3CCCNCC3)N(C(=O)c3ccc(C)cc3)C2)c1. The van der Waals surface area contributed by atoms with Crippen molar-refractivity contribution >= 4 is 11.8 Å². The van der Waals surface area contributed by atoms with Gasteiger partial charge in [-0.05, 0) is 73.8 Å². The molecule has 3 aromatic carbocycles. The number of halogens is 1. The highest BCUT2D eigenvalue weighted by molar-refractivity contribution is 5.98. The zero-order valence-corrected chi connectivity index (χ0v) is 23.9. The molecule has 0 spiro atoms. The van der Waals surface area contributed by atoms with E-state index in [2.05, 4.69) is 16.3 Å². The first-order chi connectivity index (χ1) is 19.9. The van der Waals surface area contributed by atoms with E-state index in [4.69, 9.17) is 4.74 Å². The molecular formula is C33H39FN4O3. The number of rotatable bonds is 8. The number of nitrogens with one attached hydrogen (secondary N) is 1. The van der Waals surface area contributed by atoms with Crippen molar-refractivity contribution in [2.24, 2.45) is 0 Å². The third kappa shape index (κ3) is 7.13. The molecule has 216 valence electrons. The first-order valence-electron chi connectivity index (χ1n) is 14.4. The van der Waals surface area contributed by atoms with Crippen LogP contribution in [0.2, 0.25) is 0 Å². The summed E-state index contributed by atoms with van der Waals surface area (Å²) in [5.74, 6) is 0.387. The van der Waals surface area contributed by atoms with Crippen LogP contribution < -0.4 is 10.1 Å². The van der Waals surface area contributed by atoms with Crippen molar-refractivity contribution < 1.29 is 18.7 Å².